The van der Waals surface area contributed by atoms with Gasteiger partial charge in [0, 0.05) is 18.6 Å². The van der Waals surface area contributed by atoms with Gasteiger partial charge in [0.05, 0.1) is 13.0 Å². The van der Waals surface area contributed by atoms with Gasteiger partial charge < -0.3 is 25.2 Å². The first-order chi connectivity index (χ1) is 15.2. The molecule has 32 heavy (non-hydrogen) atoms. The molecule has 2 amide bonds. The van der Waals surface area contributed by atoms with Crippen LogP contribution in [0.2, 0.25) is 0 Å². The minimum atomic E-state index is -1.04. The van der Waals surface area contributed by atoms with Gasteiger partial charge in [-0.15, -0.1) is 0 Å². The molecule has 2 aromatic rings. The van der Waals surface area contributed by atoms with Crippen LogP contribution in [-0.2, 0) is 19.1 Å². The maximum absolute atomic E-state index is 12.6. The number of rotatable bonds is 9. The third-order valence-corrected chi connectivity index (χ3v) is 5.34. The van der Waals surface area contributed by atoms with Crippen molar-refractivity contribution in [3.63, 3.8) is 0 Å². The smallest absolute Gasteiger partial charge is 0.407 e. The molecule has 1 aliphatic rings. The second-order valence-corrected chi connectivity index (χ2v) is 8.42. The van der Waals surface area contributed by atoms with Crippen molar-refractivity contribution in [1.29, 1.82) is 0 Å². The van der Waals surface area contributed by atoms with E-state index in [1.54, 1.807) is 13.8 Å². The highest BCUT2D eigenvalue weighted by atomic mass is 16.5. The molecule has 0 aliphatic heterocycles. The first kappa shape index (κ1) is 23.3. The van der Waals surface area contributed by atoms with Gasteiger partial charge in [-0.05, 0) is 36.1 Å². The molecule has 0 saturated heterocycles. The molecule has 3 N–H and O–H groups in total. The Morgan fingerprint density at radius 2 is 1.59 bits per heavy atom. The van der Waals surface area contributed by atoms with Gasteiger partial charge in [0.2, 0.25) is 5.91 Å². The lowest BCUT2D eigenvalue weighted by atomic mass is 9.98. The zero-order valence-electron chi connectivity index (χ0n) is 18.4. The van der Waals surface area contributed by atoms with E-state index in [-0.39, 0.29) is 25.6 Å². The summed E-state index contributed by atoms with van der Waals surface area (Å²) in [7, 11) is 1.40. The first-order valence-electron chi connectivity index (χ1n) is 10.4. The van der Waals surface area contributed by atoms with Crippen LogP contribution in [0.5, 0.6) is 0 Å². The van der Waals surface area contributed by atoms with Gasteiger partial charge >= 0.3 is 12.1 Å². The lowest BCUT2D eigenvalue weighted by Gasteiger charge is -2.27. The Morgan fingerprint density at radius 1 is 1.03 bits per heavy atom. The van der Waals surface area contributed by atoms with Crippen LogP contribution < -0.4 is 10.6 Å². The summed E-state index contributed by atoms with van der Waals surface area (Å²) in [5.74, 6) is -1.69. The van der Waals surface area contributed by atoms with Gasteiger partial charge in [0.1, 0.15) is 12.6 Å². The summed E-state index contributed by atoms with van der Waals surface area (Å²) in [6.45, 7) is 3.22. The van der Waals surface area contributed by atoms with Crippen LogP contribution in [0.4, 0.5) is 4.79 Å². The Labute approximate surface area is 186 Å². The number of hydrogen-bond acceptors (Lipinski definition) is 5. The summed E-state index contributed by atoms with van der Waals surface area (Å²) in [5.41, 5.74) is 3.42. The van der Waals surface area contributed by atoms with Crippen molar-refractivity contribution in [2.45, 2.75) is 37.8 Å². The van der Waals surface area contributed by atoms with E-state index in [0.29, 0.717) is 0 Å². The van der Waals surface area contributed by atoms with Crippen LogP contribution in [0.3, 0.4) is 0 Å². The van der Waals surface area contributed by atoms with E-state index < -0.39 is 29.6 Å². The maximum atomic E-state index is 12.6. The number of carboxylic acids is 1. The Morgan fingerprint density at radius 3 is 2.12 bits per heavy atom. The molecule has 0 bridgehead atoms. The molecule has 0 radical (unpaired) electrons. The third-order valence-electron chi connectivity index (χ3n) is 5.34. The molecule has 8 nitrogen and oxygen atoms in total. The van der Waals surface area contributed by atoms with Crippen molar-refractivity contribution < 1.29 is 29.0 Å². The highest BCUT2D eigenvalue weighted by Gasteiger charge is 2.31. The average Bonchev–Trinajstić information content (AvgIpc) is 3.04. The fourth-order valence-electron chi connectivity index (χ4n) is 3.97. The van der Waals surface area contributed by atoms with Crippen molar-refractivity contribution in [3.05, 3.63) is 59.7 Å². The van der Waals surface area contributed by atoms with Crippen molar-refractivity contribution in [3.8, 4) is 11.1 Å². The van der Waals surface area contributed by atoms with Crippen molar-refractivity contribution in [1.82, 2.24) is 10.6 Å². The van der Waals surface area contributed by atoms with Gasteiger partial charge in [-0.25, -0.2) is 4.79 Å². The van der Waals surface area contributed by atoms with Crippen molar-refractivity contribution >= 4 is 18.0 Å². The van der Waals surface area contributed by atoms with E-state index in [1.165, 1.54) is 7.11 Å². The summed E-state index contributed by atoms with van der Waals surface area (Å²) in [5, 5.41) is 14.1. The standard InChI is InChI=1S/C24H28N2O6/c1-24(2,12-21(27)28)26-22(29)20(14-31-3)25-23(30)32-13-19-17-10-6-4-8-15(17)16-9-5-7-11-18(16)19/h4-11,19-20H,12-14H2,1-3H3,(H,25,30)(H,26,29)(H,27,28)/t20-/m0/s1. The fraction of sp³-hybridized carbons (Fsp3) is 0.375. The van der Waals surface area contributed by atoms with E-state index >= 15 is 0 Å². The predicted molar refractivity (Wildman–Crippen MR) is 118 cm³/mol. The number of fused-ring (bicyclic) bond motifs is 3. The molecule has 1 atom stereocenters. The van der Waals surface area contributed by atoms with Crippen molar-refractivity contribution in [2.24, 2.45) is 0 Å². The molecule has 170 valence electrons. The van der Waals surface area contributed by atoms with Gasteiger partial charge in [0.25, 0.3) is 0 Å². The molecule has 0 unspecified atom stereocenters. The molecule has 1 aliphatic carbocycles. The summed E-state index contributed by atoms with van der Waals surface area (Å²) in [4.78, 5) is 36.1. The van der Waals surface area contributed by atoms with Crippen LogP contribution in [0.1, 0.15) is 37.3 Å². The number of carbonyl (C=O) groups excluding carboxylic acids is 2. The molecule has 2 aromatic carbocycles. The molecule has 8 heteroatoms. The molecule has 0 aromatic heterocycles. The highest BCUT2D eigenvalue weighted by molar-refractivity contribution is 5.87. The zero-order chi connectivity index (χ0) is 23.3. The third kappa shape index (κ3) is 5.45. The lowest BCUT2D eigenvalue weighted by Crippen LogP contribution is -2.55. The van der Waals surface area contributed by atoms with Gasteiger partial charge in [-0.2, -0.15) is 0 Å². The summed E-state index contributed by atoms with van der Waals surface area (Å²) in [6, 6.07) is 15.0. The summed E-state index contributed by atoms with van der Waals surface area (Å²) < 4.78 is 10.5. The zero-order valence-corrected chi connectivity index (χ0v) is 18.4. The molecular weight excluding hydrogens is 412 g/mol. The van der Waals surface area contributed by atoms with Crippen LogP contribution in [0.15, 0.2) is 48.5 Å². The minimum absolute atomic E-state index is 0.0841. The molecular formula is C24H28N2O6. The molecule has 0 spiro atoms. The molecule has 3 rings (SSSR count). The van der Waals surface area contributed by atoms with Gasteiger partial charge in [-0.1, -0.05) is 48.5 Å². The Kier molecular flexibility index (Phi) is 7.15. The van der Waals surface area contributed by atoms with E-state index in [1.807, 2.05) is 48.5 Å². The highest BCUT2D eigenvalue weighted by Crippen LogP contribution is 2.44. The quantitative estimate of drug-likeness (QED) is 0.553. The Bertz CT molecular complexity index is 958. The van der Waals surface area contributed by atoms with Crippen molar-refractivity contribution in [2.75, 3.05) is 20.3 Å². The van der Waals surface area contributed by atoms with E-state index in [9.17, 15) is 14.4 Å². The topological polar surface area (TPSA) is 114 Å². The summed E-state index contributed by atoms with van der Waals surface area (Å²) in [6.07, 6.45) is -1.01. The number of hydrogen-bond donors (Lipinski definition) is 3. The predicted octanol–water partition coefficient (Wildman–Crippen LogP) is 2.91. The van der Waals surface area contributed by atoms with Crippen LogP contribution in [-0.4, -0.2) is 55.0 Å². The Balaban J connectivity index is 1.64. The number of carbonyl (C=O) groups is 3. The van der Waals surface area contributed by atoms with E-state index in [0.717, 1.165) is 22.3 Å². The normalized spacial score (nSPS) is 13.6. The maximum Gasteiger partial charge on any atom is 0.407 e. The number of aliphatic carboxylic acids is 1. The number of benzene rings is 2. The van der Waals surface area contributed by atoms with Gasteiger partial charge in [0.15, 0.2) is 0 Å². The van der Waals surface area contributed by atoms with E-state index in [4.69, 9.17) is 14.6 Å². The molecule has 0 fully saturated rings. The number of carboxylic acid groups (broad SMARTS) is 1. The van der Waals surface area contributed by atoms with E-state index in [2.05, 4.69) is 10.6 Å². The van der Waals surface area contributed by atoms with Crippen LogP contribution in [0, 0.1) is 0 Å². The number of nitrogens with one attached hydrogen (secondary N) is 2. The monoisotopic (exact) mass is 440 g/mol. The molecule has 0 heterocycles. The molecule has 0 saturated carbocycles. The second-order valence-electron chi connectivity index (χ2n) is 8.42. The average molecular weight is 440 g/mol. The fourth-order valence-corrected chi connectivity index (χ4v) is 3.97. The second kappa shape index (κ2) is 9.82. The number of alkyl carbamates (subject to hydrolysis) is 1. The number of ether oxygens (including phenoxy) is 2. The Hall–Kier alpha value is -3.39. The first-order valence-corrected chi connectivity index (χ1v) is 10.4. The minimum Gasteiger partial charge on any atom is -0.481 e. The SMILES string of the molecule is COC[C@H](NC(=O)OCC1c2ccccc2-c2ccccc21)C(=O)NC(C)(C)CC(=O)O. The van der Waals surface area contributed by atoms with Crippen LogP contribution in [0.25, 0.3) is 11.1 Å². The van der Waals surface area contributed by atoms with Gasteiger partial charge in [-0.3, -0.25) is 9.59 Å². The largest absolute Gasteiger partial charge is 0.481 e. The number of amides is 2. The number of methoxy groups -OCH3 is 1. The lowest BCUT2D eigenvalue weighted by molar-refractivity contribution is -0.138. The summed E-state index contributed by atoms with van der Waals surface area (Å²) >= 11 is 0. The van der Waals surface area contributed by atoms with Crippen LogP contribution >= 0.6 is 0 Å².